The molecule has 0 aliphatic carbocycles. The molecule has 0 saturated carbocycles. The van der Waals surface area contributed by atoms with E-state index in [-0.39, 0.29) is 0 Å². The van der Waals surface area contributed by atoms with E-state index in [2.05, 4.69) is 31.8 Å². The van der Waals surface area contributed by atoms with E-state index >= 15 is 0 Å². The molecular weight excluding hydrogens is 206 g/mol. The molecule has 2 heteroatoms. The minimum Gasteiger partial charge on any atom is -0.310 e. The molecule has 15 heavy (non-hydrogen) atoms. The third-order valence-electron chi connectivity index (χ3n) is 2.54. The predicted molar refractivity (Wildman–Crippen MR) is 67.4 cm³/mol. The van der Waals surface area contributed by atoms with Crippen molar-refractivity contribution in [3.8, 4) is 0 Å². The third-order valence-corrected chi connectivity index (χ3v) is 2.95. The summed E-state index contributed by atoms with van der Waals surface area (Å²) < 4.78 is 0. The Morgan fingerprint density at radius 1 is 1.53 bits per heavy atom. The summed E-state index contributed by atoms with van der Waals surface area (Å²) in [5.74, 6) is 0. The van der Waals surface area contributed by atoms with Gasteiger partial charge < -0.3 is 5.32 Å². The van der Waals surface area contributed by atoms with Gasteiger partial charge in [-0.2, -0.15) is 0 Å². The fourth-order valence-electron chi connectivity index (χ4n) is 1.73. The summed E-state index contributed by atoms with van der Waals surface area (Å²) in [6.45, 7) is 8.90. The maximum atomic E-state index is 6.10. The number of benzene rings is 1. The van der Waals surface area contributed by atoms with Gasteiger partial charge in [0.25, 0.3) is 0 Å². The van der Waals surface area contributed by atoms with Crippen molar-refractivity contribution >= 4 is 11.6 Å². The van der Waals surface area contributed by atoms with Crippen molar-refractivity contribution in [3.05, 3.63) is 47.0 Å². The summed E-state index contributed by atoms with van der Waals surface area (Å²) in [4.78, 5) is 0. The van der Waals surface area contributed by atoms with Crippen LogP contribution >= 0.6 is 11.6 Å². The Hall–Kier alpha value is -0.790. The Bertz CT molecular complexity index is 333. The minimum absolute atomic E-state index is 0.325. The zero-order chi connectivity index (χ0) is 11.3. The quantitative estimate of drug-likeness (QED) is 0.748. The number of rotatable bonds is 5. The molecule has 0 fully saturated rings. The van der Waals surface area contributed by atoms with Gasteiger partial charge in [0, 0.05) is 11.1 Å². The summed E-state index contributed by atoms with van der Waals surface area (Å²) in [5.41, 5.74) is 2.43. The Labute approximate surface area is 97.1 Å². The van der Waals surface area contributed by atoms with Crippen LogP contribution in [0, 0.1) is 6.92 Å². The van der Waals surface area contributed by atoms with Crippen molar-refractivity contribution < 1.29 is 0 Å². The van der Waals surface area contributed by atoms with Crippen LogP contribution in [0.1, 0.15) is 30.5 Å². The largest absolute Gasteiger partial charge is 0.310 e. The van der Waals surface area contributed by atoms with E-state index in [1.54, 1.807) is 0 Å². The van der Waals surface area contributed by atoms with Gasteiger partial charge in [0.1, 0.15) is 0 Å². The van der Waals surface area contributed by atoms with Crippen LogP contribution in [0.15, 0.2) is 30.9 Å². The lowest BCUT2D eigenvalue weighted by Crippen LogP contribution is -2.21. The second-order valence-corrected chi connectivity index (χ2v) is 4.00. The van der Waals surface area contributed by atoms with E-state index in [1.165, 1.54) is 5.56 Å². The molecule has 0 aliphatic heterocycles. The van der Waals surface area contributed by atoms with Crippen molar-refractivity contribution in [3.63, 3.8) is 0 Å². The number of nitrogens with one attached hydrogen (secondary N) is 1. The predicted octanol–water partition coefficient (Wildman–Crippen LogP) is 3.88. The van der Waals surface area contributed by atoms with Crippen LogP contribution in [0.5, 0.6) is 0 Å². The molecule has 0 aliphatic rings. The van der Waals surface area contributed by atoms with Crippen molar-refractivity contribution in [2.24, 2.45) is 0 Å². The van der Waals surface area contributed by atoms with E-state index < -0.39 is 0 Å². The van der Waals surface area contributed by atoms with Gasteiger partial charge in [-0.05, 0) is 37.1 Å². The lowest BCUT2D eigenvalue weighted by atomic mass is 9.99. The first-order chi connectivity index (χ1) is 7.20. The fraction of sp³-hybridized carbons (Fsp3) is 0.385. The molecule has 0 aromatic heterocycles. The molecule has 0 heterocycles. The van der Waals surface area contributed by atoms with Crippen LogP contribution in [0.2, 0.25) is 5.02 Å². The molecule has 82 valence electrons. The van der Waals surface area contributed by atoms with Crippen LogP contribution in [0.3, 0.4) is 0 Å². The van der Waals surface area contributed by atoms with Gasteiger partial charge in [-0.1, -0.05) is 36.7 Å². The van der Waals surface area contributed by atoms with Crippen LogP contribution in [0.25, 0.3) is 0 Å². The zero-order valence-electron chi connectivity index (χ0n) is 9.39. The van der Waals surface area contributed by atoms with Gasteiger partial charge in [0.15, 0.2) is 0 Å². The second kappa shape index (κ2) is 5.94. The molecule has 0 amide bonds. The van der Waals surface area contributed by atoms with Crippen LogP contribution in [0.4, 0.5) is 0 Å². The van der Waals surface area contributed by atoms with Crippen LogP contribution in [-0.2, 0) is 0 Å². The van der Waals surface area contributed by atoms with Gasteiger partial charge in [0.05, 0.1) is 0 Å². The van der Waals surface area contributed by atoms with E-state index in [4.69, 9.17) is 11.6 Å². The number of hydrogen-bond acceptors (Lipinski definition) is 1. The first-order valence-corrected chi connectivity index (χ1v) is 5.67. The Kier molecular flexibility index (Phi) is 4.86. The lowest BCUT2D eigenvalue weighted by molar-refractivity contribution is 0.556. The molecule has 1 aromatic rings. The van der Waals surface area contributed by atoms with E-state index in [0.717, 1.165) is 23.6 Å². The van der Waals surface area contributed by atoms with Gasteiger partial charge in [-0.25, -0.2) is 0 Å². The monoisotopic (exact) mass is 223 g/mol. The summed E-state index contributed by atoms with van der Waals surface area (Å²) in [6, 6.07) is 6.37. The highest BCUT2D eigenvalue weighted by Crippen LogP contribution is 2.26. The maximum absolute atomic E-state index is 6.10. The Balaban J connectivity index is 2.99. The first-order valence-electron chi connectivity index (χ1n) is 5.30. The van der Waals surface area contributed by atoms with Crippen LogP contribution in [-0.4, -0.2) is 6.54 Å². The maximum Gasteiger partial charge on any atom is 0.0438 e. The van der Waals surface area contributed by atoms with Crippen molar-refractivity contribution in [1.29, 1.82) is 0 Å². The average molecular weight is 224 g/mol. The Morgan fingerprint density at radius 3 is 2.87 bits per heavy atom. The SMILES string of the molecule is C=CCC(NCC)c1cccc(Cl)c1C. The molecule has 1 aromatic carbocycles. The van der Waals surface area contributed by atoms with Crippen molar-refractivity contribution in [2.75, 3.05) is 6.54 Å². The molecule has 0 bridgehead atoms. The molecule has 1 rings (SSSR count). The van der Waals surface area contributed by atoms with Gasteiger partial charge in [-0.3, -0.25) is 0 Å². The number of hydrogen-bond donors (Lipinski definition) is 1. The topological polar surface area (TPSA) is 12.0 Å². The standard InChI is InChI=1S/C13H18ClN/c1-4-7-13(15-5-2)11-8-6-9-12(14)10(11)3/h4,6,8-9,13,15H,1,5,7H2,2-3H3. The molecule has 0 spiro atoms. The minimum atomic E-state index is 0.325. The summed E-state index contributed by atoms with van der Waals surface area (Å²) >= 11 is 6.10. The van der Waals surface area contributed by atoms with Gasteiger partial charge in [0.2, 0.25) is 0 Å². The van der Waals surface area contributed by atoms with Crippen LogP contribution < -0.4 is 5.32 Å². The highest BCUT2D eigenvalue weighted by atomic mass is 35.5. The molecule has 0 radical (unpaired) electrons. The lowest BCUT2D eigenvalue weighted by Gasteiger charge is -2.19. The summed E-state index contributed by atoms with van der Waals surface area (Å²) in [5, 5.41) is 4.27. The molecule has 0 saturated heterocycles. The number of halogens is 1. The van der Waals surface area contributed by atoms with E-state index in [9.17, 15) is 0 Å². The highest BCUT2D eigenvalue weighted by molar-refractivity contribution is 6.31. The molecular formula is C13H18ClN. The van der Waals surface area contributed by atoms with Gasteiger partial charge >= 0.3 is 0 Å². The zero-order valence-corrected chi connectivity index (χ0v) is 10.1. The normalized spacial score (nSPS) is 12.5. The third kappa shape index (κ3) is 3.08. The van der Waals surface area contributed by atoms with E-state index in [0.29, 0.717) is 6.04 Å². The smallest absolute Gasteiger partial charge is 0.0438 e. The van der Waals surface area contributed by atoms with E-state index in [1.807, 2.05) is 18.2 Å². The molecule has 1 nitrogen and oxygen atoms in total. The first kappa shape index (κ1) is 12.3. The van der Waals surface area contributed by atoms with Gasteiger partial charge in [-0.15, -0.1) is 6.58 Å². The molecule has 1 N–H and O–H groups in total. The molecule has 1 unspecified atom stereocenters. The fourth-order valence-corrected chi connectivity index (χ4v) is 1.92. The second-order valence-electron chi connectivity index (χ2n) is 3.59. The molecule has 1 atom stereocenters. The van der Waals surface area contributed by atoms with Crippen molar-refractivity contribution in [2.45, 2.75) is 26.3 Å². The summed E-state index contributed by atoms with van der Waals surface area (Å²) in [7, 11) is 0. The summed E-state index contributed by atoms with van der Waals surface area (Å²) in [6.07, 6.45) is 2.86. The average Bonchev–Trinajstić information content (AvgIpc) is 2.22. The Morgan fingerprint density at radius 2 is 2.27 bits per heavy atom. The highest BCUT2D eigenvalue weighted by Gasteiger charge is 2.12. The van der Waals surface area contributed by atoms with Crippen molar-refractivity contribution in [1.82, 2.24) is 5.32 Å².